The molecule has 1 atom stereocenters. The van der Waals surface area contributed by atoms with E-state index < -0.39 is 0 Å². The van der Waals surface area contributed by atoms with Gasteiger partial charge in [0.15, 0.2) is 0 Å². The van der Waals surface area contributed by atoms with Crippen molar-refractivity contribution in [2.75, 3.05) is 7.05 Å². The van der Waals surface area contributed by atoms with E-state index >= 15 is 0 Å². The Labute approximate surface area is 180 Å². The van der Waals surface area contributed by atoms with Gasteiger partial charge >= 0.3 is 22.1 Å². The normalized spacial score (nSPS) is 16.2. The Balaban J connectivity index is 0.00000127. The number of aliphatic imine (C=N–C) groups is 1. The van der Waals surface area contributed by atoms with Crippen LogP contribution < -0.4 is 0 Å². The third-order valence-corrected chi connectivity index (χ3v) is 5.10. The first-order valence-electron chi connectivity index (χ1n) is 9.33. The summed E-state index contributed by atoms with van der Waals surface area (Å²) in [6.45, 7) is 4.41. The van der Waals surface area contributed by atoms with Gasteiger partial charge in [0.2, 0.25) is 0 Å². The molecule has 3 nitrogen and oxygen atoms in total. The van der Waals surface area contributed by atoms with Gasteiger partial charge in [-0.15, -0.1) is 12.7 Å². The zero-order valence-electron chi connectivity index (χ0n) is 17.3. The average Bonchev–Trinajstić information content (AvgIpc) is 2.68. The Kier molecular flexibility index (Phi) is 10.8. The summed E-state index contributed by atoms with van der Waals surface area (Å²) in [5.74, 6) is 0.163. The van der Waals surface area contributed by atoms with Crippen molar-refractivity contribution >= 4 is 11.9 Å². The summed E-state index contributed by atoms with van der Waals surface area (Å²) in [5.41, 5.74) is 7.47. The van der Waals surface area contributed by atoms with E-state index in [-0.39, 0.29) is 13.3 Å². The molecule has 1 aliphatic heterocycles. The first kappa shape index (κ1) is 24.1. The van der Waals surface area contributed by atoms with Crippen molar-refractivity contribution in [3.05, 3.63) is 89.2 Å². The van der Waals surface area contributed by atoms with E-state index in [0.29, 0.717) is 18.6 Å². The van der Waals surface area contributed by atoms with Crippen LogP contribution in [0.25, 0.3) is 5.32 Å². The van der Waals surface area contributed by atoms with Crippen molar-refractivity contribution < 1.29 is 22.1 Å². The molecule has 3 rings (SSSR count). The zero-order valence-corrected chi connectivity index (χ0v) is 19.8. The average molecular weight is 553 g/mol. The number of nitrogens with zero attached hydrogens (tertiary/aromatic N) is 2. The zero-order chi connectivity index (χ0) is 19.6. The molecule has 0 amide bonds. The molecule has 0 aromatic heterocycles. The molecule has 2 aromatic carbocycles. The Hall–Kier alpha value is -1.91. The number of benzene rings is 2. The fraction of sp³-hybridized carbons (Fsp3) is 0.333. The maximum absolute atomic E-state index is 8.28. The third kappa shape index (κ3) is 6.04. The molecule has 0 fully saturated rings. The van der Waals surface area contributed by atoms with Crippen LogP contribution in [0.5, 0.6) is 0 Å². The van der Waals surface area contributed by atoms with Crippen LogP contribution in [-0.2, 0) is 22.1 Å². The van der Waals surface area contributed by atoms with Crippen molar-refractivity contribution in [3.8, 4) is 0 Å². The van der Waals surface area contributed by atoms with Crippen LogP contribution in [0.4, 0.5) is 5.69 Å². The fourth-order valence-electron chi connectivity index (χ4n) is 3.48. The van der Waals surface area contributed by atoms with Crippen LogP contribution in [0, 0.1) is 21.3 Å². The quantitative estimate of drug-likeness (QED) is 0.380. The summed E-state index contributed by atoms with van der Waals surface area (Å²) in [5, 5.41) is 4.37. The standard InChI is InChI=1S/C23H27N2.CH3.O.Os/c1-17-10-8-13-21(18(17)2)23(19-11-9-12-20(16-19)24-3)22-14-6-4-5-7-15-25-22;;;/h8-16,23H,4-7H2,1-3H3;1H3;;/q2*-1;;/b22-14-,25-15?;;;. The number of hydrogen-bond acceptors (Lipinski definition) is 2. The minimum absolute atomic E-state index is 0. The molecule has 0 radical (unpaired) electrons. The second-order valence-electron chi connectivity index (χ2n) is 6.77. The Morgan fingerprint density at radius 3 is 2.50 bits per heavy atom. The topological polar surface area (TPSA) is 43.5 Å². The number of hydrogen-bond donors (Lipinski definition) is 0. The van der Waals surface area contributed by atoms with Crippen molar-refractivity contribution in [2.24, 2.45) is 4.99 Å². The number of aryl methyl sites for hydroxylation is 1. The number of allylic oxidation sites excluding steroid dienone is 2. The van der Waals surface area contributed by atoms with Gasteiger partial charge in [-0.3, -0.25) is 4.99 Å². The fourth-order valence-corrected chi connectivity index (χ4v) is 3.48. The molecule has 1 unspecified atom stereocenters. The van der Waals surface area contributed by atoms with Gasteiger partial charge in [0.1, 0.15) is 0 Å². The van der Waals surface area contributed by atoms with Crippen LogP contribution in [0.2, 0.25) is 0 Å². The predicted octanol–water partition coefficient (Wildman–Crippen LogP) is 6.93. The van der Waals surface area contributed by atoms with Gasteiger partial charge in [-0.05, 0) is 61.8 Å². The van der Waals surface area contributed by atoms with Gasteiger partial charge in [0, 0.05) is 11.9 Å². The van der Waals surface area contributed by atoms with Gasteiger partial charge in [0.25, 0.3) is 0 Å². The second-order valence-corrected chi connectivity index (χ2v) is 6.77. The minimum atomic E-state index is 0. The van der Waals surface area contributed by atoms with E-state index in [1.54, 1.807) is 0 Å². The molecular weight excluding hydrogens is 523 g/mol. The predicted molar refractivity (Wildman–Crippen MR) is 115 cm³/mol. The molecule has 0 aliphatic carbocycles. The molecule has 0 saturated heterocycles. The second kappa shape index (κ2) is 12.5. The monoisotopic (exact) mass is 554 g/mol. The summed E-state index contributed by atoms with van der Waals surface area (Å²) in [6.07, 6.45) is 9.06. The van der Waals surface area contributed by atoms with Gasteiger partial charge in [0.05, 0.1) is 5.92 Å². The summed E-state index contributed by atoms with van der Waals surface area (Å²) < 4.78 is 8.28. The molecule has 0 spiro atoms. The Bertz CT molecular complexity index is 814. The van der Waals surface area contributed by atoms with Crippen molar-refractivity contribution in [3.63, 3.8) is 0 Å². The first-order valence-corrected chi connectivity index (χ1v) is 10.4. The molecular formula is C24H30N2OOs-2. The summed E-state index contributed by atoms with van der Waals surface area (Å²) in [6, 6.07) is 15.1. The van der Waals surface area contributed by atoms with E-state index in [2.05, 4.69) is 73.9 Å². The molecule has 0 bridgehead atoms. The Morgan fingerprint density at radius 1 is 1.04 bits per heavy atom. The molecule has 1 aliphatic rings. The summed E-state index contributed by atoms with van der Waals surface area (Å²) in [4.78, 5) is 4.87. The Morgan fingerprint density at radius 2 is 1.75 bits per heavy atom. The third-order valence-electron chi connectivity index (χ3n) is 5.10. The van der Waals surface area contributed by atoms with Gasteiger partial charge in [-0.2, -0.15) is 0 Å². The molecule has 0 N–H and O–H groups in total. The molecule has 2 aromatic rings. The first-order chi connectivity index (χ1) is 13.2. The van der Waals surface area contributed by atoms with Gasteiger partial charge in [-0.25, -0.2) is 0 Å². The SMILES string of the molecule is C[N-]c1cccc(C(/C2=C/CCCCC=N2)c2cccc(C)c2C)c1.[CH3-].[O]=[Os]. The number of rotatable bonds is 4. The molecule has 1 heterocycles. The van der Waals surface area contributed by atoms with E-state index in [4.69, 9.17) is 8.53 Å². The van der Waals surface area contributed by atoms with Crippen LogP contribution in [0.1, 0.15) is 53.9 Å². The van der Waals surface area contributed by atoms with Crippen molar-refractivity contribution in [2.45, 2.75) is 45.4 Å². The van der Waals surface area contributed by atoms with Crippen molar-refractivity contribution in [1.29, 1.82) is 0 Å². The molecule has 28 heavy (non-hydrogen) atoms. The van der Waals surface area contributed by atoms with E-state index in [1.165, 1.54) is 40.8 Å². The van der Waals surface area contributed by atoms with E-state index in [1.807, 2.05) is 7.05 Å². The van der Waals surface area contributed by atoms with Gasteiger partial charge in [-0.1, -0.05) is 48.5 Å². The van der Waals surface area contributed by atoms with Crippen LogP contribution in [0.15, 0.2) is 59.2 Å². The molecule has 152 valence electrons. The van der Waals surface area contributed by atoms with Crippen LogP contribution >= 0.6 is 0 Å². The van der Waals surface area contributed by atoms with E-state index in [9.17, 15) is 0 Å². The van der Waals surface area contributed by atoms with Gasteiger partial charge < -0.3 is 12.7 Å². The van der Waals surface area contributed by atoms with Crippen molar-refractivity contribution in [1.82, 2.24) is 0 Å². The summed E-state index contributed by atoms with van der Waals surface area (Å²) in [7, 11) is 1.85. The molecule has 0 saturated carbocycles. The molecule has 4 heteroatoms. The maximum atomic E-state index is 8.28. The van der Waals surface area contributed by atoms with E-state index in [0.717, 1.165) is 18.5 Å². The van der Waals surface area contributed by atoms with Crippen LogP contribution in [-0.4, -0.2) is 13.3 Å². The van der Waals surface area contributed by atoms with Crippen LogP contribution in [0.3, 0.4) is 0 Å². The summed E-state index contributed by atoms with van der Waals surface area (Å²) >= 11 is 0.611.